The first-order valence-corrected chi connectivity index (χ1v) is 7.63. The number of H-pyrrole nitrogens is 1. The molecule has 0 aliphatic carbocycles. The fourth-order valence-electron chi connectivity index (χ4n) is 1.53. The first-order chi connectivity index (χ1) is 8.94. The molecule has 19 heavy (non-hydrogen) atoms. The molecule has 0 aliphatic heterocycles. The highest BCUT2D eigenvalue weighted by molar-refractivity contribution is 7.89. The van der Waals surface area contributed by atoms with Crippen molar-refractivity contribution in [1.82, 2.24) is 14.9 Å². The Balaban J connectivity index is 2.24. The molecule has 8 heteroatoms. The van der Waals surface area contributed by atoms with E-state index in [1.54, 1.807) is 6.20 Å². The molecule has 108 valence electrons. The van der Waals surface area contributed by atoms with Gasteiger partial charge in [0.05, 0.1) is 25.5 Å². The van der Waals surface area contributed by atoms with Crippen LogP contribution in [-0.4, -0.2) is 44.0 Å². The lowest BCUT2D eigenvalue weighted by atomic mass is 10.1. The molecule has 0 fully saturated rings. The van der Waals surface area contributed by atoms with Crippen molar-refractivity contribution in [2.24, 2.45) is 0 Å². The minimum Gasteiger partial charge on any atom is -0.469 e. The number of rotatable bonds is 8. The number of sulfonamides is 1. The number of aromatic nitrogens is 2. The quantitative estimate of drug-likeness (QED) is 0.523. The molecule has 0 aromatic carbocycles. The van der Waals surface area contributed by atoms with Gasteiger partial charge in [0.1, 0.15) is 0 Å². The van der Waals surface area contributed by atoms with Crippen LogP contribution in [0.25, 0.3) is 0 Å². The van der Waals surface area contributed by atoms with E-state index in [9.17, 15) is 13.2 Å². The van der Waals surface area contributed by atoms with E-state index in [-0.39, 0.29) is 12.2 Å². The summed E-state index contributed by atoms with van der Waals surface area (Å²) in [5, 5.41) is 6.72. The zero-order chi connectivity index (χ0) is 14.3. The second kappa shape index (κ2) is 7.25. The van der Waals surface area contributed by atoms with Crippen molar-refractivity contribution < 1.29 is 17.9 Å². The van der Waals surface area contributed by atoms with Crippen LogP contribution in [0.1, 0.15) is 24.1 Å². The number of aromatic amines is 1. The molecular weight excluding hydrogens is 270 g/mol. The molecular formula is C11H19N3O4S. The summed E-state index contributed by atoms with van der Waals surface area (Å²) in [7, 11) is -2.18. The summed E-state index contributed by atoms with van der Waals surface area (Å²) >= 11 is 0. The largest absolute Gasteiger partial charge is 0.469 e. The molecule has 0 amide bonds. The molecule has 2 N–H and O–H groups in total. The van der Waals surface area contributed by atoms with Gasteiger partial charge < -0.3 is 4.74 Å². The molecule has 0 aliphatic rings. The Morgan fingerprint density at radius 2 is 2.26 bits per heavy atom. The number of hydrogen-bond donors (Lipinski definition) is 2. The second-order valence-electron chi connectivity index (χ2n) is 4.16. The first-order valence-electron chi connectivity index (χ1n) is 5.97. The van der Waals surface area contributed by atoms with Crippen molar-refractivity contribution in [3.8, 4) is 0 Å². The van der Waals surface area contributed by atoms with Gasteiger partial charge in [0, 0.05) is 12.2 Å². The Labute approximate surface area is 112 Å². The predicted octanol–water partition coefficient (Wildman–Crippen LogP) is 0.133. The highest BCUT2D eigenvalue weighted by atomic mass is 32.2. The Kier molecular flexibility index (Phi) is 5.97. The average Bonchev–Trinajstić information content (AvgIpc) is 2.77. The molecule has 0 spiro atoms. The summed E-state index contributed by atoms with van der Waals surface area (Å²) in [4.78, 5) is 10.9. The topological polar surface area (TPSA) is 101 Å². The Morgan fingerprint density at radius 1 is 1.53 bits per heavy atom. The summed E-state index contributed by atoms with van der Waals surface area (Å²) in [6.45, 7) is 2.26. The van der Waals surface area contributed by atoms with E-state index < -0.39 is 16.0 Å². The Bertz CT molecular complexity index is 510. The number of ether oxygens (including phenoxy) is 1. The van der Waals surface area contributed by atoms with Crippen LogP contribution in [0.5, 0.6) is 0 Å². The molecule has 0 saturated heterocycles. The number of nitrogens with one attached hydrogen (secondary N) is 2. The Hall–Kier alpha value is -1.41. The smallest absolute Gasteiger partial charge is 0.306 e. The maximum absolute atomic E-state index is 11.5. The zero-order valence-electron chi connectivity index (χ0n) is 11.1. The van der Waals surface area contributed by atoms with Gasteiger partial charge in [-0.3, -0.25) is 9.89 Å². The van der Waals surface area contributed by atoms with E-state index in [1.165, 1.54) is 7.11 Å². The van der Waals surface area contributed by atoms with Gasteiger partial charge in [-0.05, 0) is 25.3 Å². The monoisotopic (exact) mass is 289 g/mol. The lowest BCUT2D eigenvalue weighted by molar-refractivity contribution is -0.140. The third kappa shape index (κ3) is 5.84. The van der Waals surface area contributed by atoms with Crippen molar-refractivity contribution in [3.63, 3.8) is 0 Å². The predicted molar refractivity (Wildman–Crippen MR) is 70.1 cm³/mol. The van der Waals surface area contributed by atoms with Gasteiger partial charge in [0.25, 0.3) is 0 Å². The van der Waals surface area contributed by atoms with Crippen LogP contribution >= 0.6 is 0 Å². The van der Waals surface area contributed by atoms with Crippen molar-refractivity contribution in [2.45, 2.75) is 26.2 Å². The normalized spacial score (nSPS) is 11.5. The third-order valence-electron chi connectivity index (χ3n) is 2.68. The van der Waals surface area contributed by atoms with E-state index in [1.807, 2.05) is 6.92 Å². The number of methoxy groups -OCH3 is 1. The number of nitrogens with zero attached hydrogens (tertiary/aromatic N) is 1. The van der Waals surface area contributed by atoms with Gasteiger partial charge >= 0.3 is 5.97 Å². The highest BCUT2D eigenvalue weighted by Crippen LogP contribution is 2.05. The van der Waals surface area contributed by atoms with Crippen molar-refractivity contribution in [1.29, 1.82) is 0 Å². The number of aryl methyl sites for hydroxylation is 2. The number of hydrogen-bond acceptors (Lipinski definition) is 5. The highest BCUT2D eigenvalue weighted by Gasteiger charge is 2.12. The maximum Gasteiger partial charge on any atom is 0.306 e. The standard InChI is InChI=1S/C11H19N3O4S/c1-9-10(8-12-14-9)4-3-6-13-19(16,17)7-5-11(15)18-2/h8,13H,3-7H2,1-2H3,(H,12,14). The van der Waals surface area contributed by atoms with E-state index in [4.69, 9.17) is 0 Å². The van der Waals surface area contributed by atoms with E-state index in [0.717, 1.165) is 17.7 Å². The Morgan fingerprint density at radius 3 is 2.84 bits per heavy atom. The van der Waals surface area contributed by atoms with E-state index in [2.05, 4.69) is 19.7 Å². The van der Waals surface area contributed by atoms with Gasteiger partial charge in [0.15, 0.2) is 0 Å². The van der Waals surface area contributed by atoms with Crippen LogP contribution in [0.2, 0.25) is 0 Å². The third-order valence-corrected chi connectivity index (χ3v) is 4.07. The van der Waals surface area contributed by atoms with E-state index in [0.29, 0.717) is 13.0 Å². The molecule has 0 saturated carbocycles. The maximum atomic E-state index is 11.5. The molecule has 1 heterocycles. The van der Waals surface area contributed by atoms with Gasteiger partial charge in [0.2, 0.25) is 10.0 Å². The van der Waals surface area contributed by atoms with Crippen LogP contribution in [0.15, 0.2) is 6.20 Å². The van der Waals surface area contributed by atoms with Crippen LogP contribution in [0, 0.1) is 6.92 Å². The fraction of sp³-hybridized carbons (Fsp3) is 0.636. The minimum atomic E-state index is -3.41. The molecule has 1 aromatic heterocycles. The molecule has 0 unspecified atom stereocenters. The molecule has 7 nitrogen and oxygen atoms in total. The average molecular weight is 289 g/mol. The van der Waals surface area contributed by atoms with Crippen molar-refractivity contribution in [3.05, 3.63) is 17.5 Å². The van der Waals surface area contributed by atoms with Crippen LogP contribution < -0.4 is 4.72 Å². The van der Waals surface area contributed by atoms with Gasteiger partial charge in [-0.2, -0.15) is 5.10 Å². The molecule has 1 rings (SSSR count). The summed E-state index contributed by atoms with van der Waals surface area (Å²) in [5.41, 5.74) is 2.07. The number of carbonyl (C=O) groups is 1. The number of carbonyl (C=O) groups excluding carboxylic acids is 1. The van der Waals surface area contributed by atoms with Gasteiger partial charge in [-0.1, -0.05) is 0 Å². The summed E-state index contributed by atoms with van der Waals surface area (Å²) < 4.78 is 29.9. The van der Waals surface area contributed by atoms with Crippen LogP contribution in [0.4, 0.5) is 0 Å². The molecule has 0 atom stereocenters. The summed E-state index contributed by atoms with van der Waals surface area (Å²) in [6.07, 6.45) is 3.04. The fourth-order valence-corrected chi connectivity index (χ4v) is 2.56. The molecule has 1 aromatic rings. The first kappa shape index (κ1) is 15.6. The second-order valence-corrected chi connectivity index (χ2v) is 6.09. The number of esters is 1. The molecule has 0 bridgehead atoms. The minimum absolute atomic E-state index is 0.132. The lowest BCUT2D eigenvalue weighted by Gasteiger charge is -2.05. The van der Waals surface area contributed by atoms with Gasteiger partial charge in [-0.25, -0.2) is 13.1 Å². The summed E-state index contributed by atoms with van der Waals surface area (Å²) in [5.74, 6) is -0.774. The van der Waals surface area contributed by atoms with E-state index >= 15 is 0 Å². The lowest BCUT2D eigenvalue weighted by Crippen LogP contribution is -2.28. The van der Waals surface area contributed by atoms with Crippen LogP contribution in [-0.2, 0) is 26.0 Å². The summed E-state index contributed by atoms with van der Waals surface area (Å²) in [6, 6.07) is 0. The van der Waals surface area contributed by atoms with Crippen molar-refractivity contribution in [2.75, 3.05) is 19.4 Å². The van der Waals surface area contributed by atoms with Gasteiger partial charge in [-0.15, -0.1) is 0 Å². The van der Waals surface area contributed by atoms with Crippen LogP contribution in [0.3, 0.4) is 0 Å². The zero-order valence-corrected chi connectivity index (χ0v) is 11.9. The SMILES string of the molecule is COC(=O)CCS(=O)(=O)NCCCc1cn[nH]c1C. The van der Waals surface area contributed by atoms with Crippen molar-refractivity contribution >= 4 is 16.0 Å². The molecule has 0 radical (unpaired) electrons.